The number of aryl methyl sites for hydroxylation is 1. The quantitative estimate of drug-likeness (QED) is 0.789. The van der Waals surface area contributed by atoms with Crippen LogP contribution in [0.3, 0.4) is 0 Å². The second-order valence-corrected chi connectivity index (χ2v) is 3.98. The van der Waals surface area contributed by atoms with Crippen molar-refractivity contribution in [2.45, 2.75) is 20.0 Å². The van der Waals surface area contributed by atoms with Crippen LogP contribution in [0.2, 0.25) is 0 Å². The Labute approximate surface area is 106 Å². The molecule has 0 unspecified atom stereocenters. The van der Waals surface area contributed by atoms with E-state index in [1.165, 1.54) is 19.2 Å². The molecule has 0 saturated heterocycles. The van der Waals surface area contributed by atoms with E-state index in [1.807, 2.05) is 0 Å². The Morgan fingerprint density at radius 3 is 2.74 bits per heavy atom. The highest BCUT2D eigenvalue weighted by Crippen LogP contribution is 2.33. The number of esters is 1. The summed E-state index contributed by atoms with van der Waals surface area (Å²) in [5, 5.41) is 3.42. The van der Waals surface area contributed by atoms with Crippen LogP contribution in [-0.2, 0) is 10.9 Å². The van der Waals surface area contributed by atoms with Gasteiger partial charge in [0.25, 0.3) is 0 Å². The van der Waals surface area contributed by atoms with E-state index in [9.17, 15) is 18.0 Å². The maximum Gasteiger partial charge on any atom is 0.436 e. The highest BCUT2D eigenvalue weighted by Gasteiger charge is 2.40. The summed E-state index contributed by atoms with van der Waals surface area (Å²) < 4.78 is 44.4. The predicted molar refractivity (Wildman–Crippen MR) is 60.9 cm³/mol. The Morgan fingerprint density at radius 1 is 1.47 bits per heavy atom. The second-order valence-electron chi connectivity index (χ2n) is 3.98. The number of ether oxygens (including phenoxy) is 1. The van der Waals surface area contributed by atoms with Gasteiger partial charge in [0.2, 0.25) is 0 Å². The third kappa shape index (κ3) is 2.40. The summed E-state index contributed by atoms with van der Waals surface area (Å²) in [5.41, 5.74) is -0.952. The Morgan fingerprint density at radius 2 is 2.16 bits per heavy atom. The van der Waals surface area contributed by atoms with Crippen molar-refractivity contribution in [3.05, 3.63) is 35.2 Å². The average Bonchev–Trinajstić information content (AvgIpc) is 2.67. The molecule has 7 heteroatoms. The number of carbonyl (C=O) groups excluding carboxylic acids is 1. The summed E-state index contributed by atoms with van der Waals surface area (Å²) in [6.07, 6.45) is -3.33. The molecule has 0 amide bonds. The molecule has 2 aromatic rings. The van der Waals surface area contributed by atoms with E-state index >= 15 is 0 Å². The summed E-state index contributed by atoms with van der Waals surface area (Å²) in [5.74, 6) is -1.02. The maximum absolute atomic E-state index is 12.9. The van der Waals surface area contributed by atoms with Gasteiger partial charge in [0.15, 0.2) is 5.69 Å². The van der Waals surface area contributed by atoms with Gasteiger partial charge in [-0.15, -0.1) is 0 Å². The number of carbonyl (C=O) groups is 1. The minimum absolute atomic E-state index is 0.000708. The molecule has 102 valence electrons. The number of hydrogen-bond donors (Lipinski definition) is 0. The molecule has 0 atom stereocenters. The summed E-state index contributed by atoms with van der Waals surface area (Å²) >= 11 is 0. The standard InChI is InChI=1S/C12H11F3N2O2/c1-3-19-11(18)9-8-6-7(2)4-5-17(8)16-10(9)12(13,14)15/h4-6H,3H2,1-2H3. The Kier molecular flexibility index (Phi) is 3.21. The molecule has 2 aromatic heterocycles. The molecule has 0 saturated carbocycles. The maximum atomic E-state index is 12.9. The van der Waals surface area contributed by atoms with E-state index in [0.29, 0.717) is 0 Å². The number of fused-ring (bicyclic) bond motifs is 1. The van der Waals surface area contributed by atoms with Crippen molar-refractivity contribution in [3.8, 4) is 0 Å². The number of nitrogens with zero attached hydrogens (tertiary/aromatic N) is 2. The highest BCUT2D eigenvalue weighted by atomic mass is 19.4. The topological polar surface area (TPSA) is 43.6 Å². The van der Waals surface area contributed by atoms with Gasteiger partial charge in [-0.25, -0.2) is 9.31 Å². The molecule has 0 aliphatic rings. The molecule has 0 aliphatic carbocycles. The van der Waals surface area contributed by atoms with Crippen LogP contribution in [0.15, 0.2) is 18.3 Å². The van der Waals surface area contributed by atoms with Gasteiger partial charge < -0.3 is 4.74 Å². The molecular weight excluding hydrogens is 261 g/mol. The van der Waals surface area contributed by atoms with Crippen LogP contribution in [0, 0.1) is 6.92 Å². The van der Waals surface area contributed by atoms with Crippen molar-refractivity contribution >= 4 is 11.5 Å². The smallest absolute Gasteiger partial charge is 0.436 e. The summed E-state index contributed by atoms with van der Waals surface area (Å²) in [6, 6.07) is 3.07. The molecule has 0 N–H and O–H groups in total. The van der Waals surface area contributed by atoms with Crippen LogP contribution >= 0.6 is 0 Å². The molecule has 0 radical (unpaired) electrons. The zero-order valence-corrected chi connectivity index (χ0v) is 10.3. The average molecular weight is 272 g/mol. The van der Waals surface area contributed by atoms with E-state index in [0.717, 1.165) is 10.1 Å². The van der Waals surface area contributed by atoms with E-state index < -0.39 is 23.4 Å². The second kappa shape index (κ2) is 4.56. The molecule has 19 heavy (non-hydrogen) atoms. The fourth-order valence-electron chi connectivity index (χ4n) is 1.75. The lowest BCUT2D eigenvalue weighted by Gasteiger charge is -2.05. The van der Waals surface area contributed by atoms with Gasteiger partial charge in [0.1, 0.15) is 5.56 Å². The van der Waals surface area contributed by atoms with Gasteiger partial charge in [-0.05, 0) is 31.5 Å². The summed E-state index contributed by atoms with van der Waals surface area (Å²) in [4.78, 5) is 11.7. The van der Waals surface area contributed by atoms with Gasteiger partial charge in [-0.2, -0.15) is 18.3 Å². The largest absolute Gasteiger partial charge is 0.462 e. The van der Waals surface area contributed by atoms with Crippen molar-refractivity contribution in [1.82, 2.24) is 9.61 Å². The molecule has 2 heterocycles. The van der Waals surface area contributed by atoms with E-state index in [4.69, 9.17) is 0 Å². The Balaban J connectivity index is 2.74. The lowest BCUT2D eigenvalue weighted by molar-refractivity contribution is -0.141. The summed E-state index contributed by atoms with van der Waals surface area (Å²) in [7, 11) is 0. The van der Waals surface area contributed by atoms with Crippen LogP contribution in [0.5, 0.6) is 0 Å². The van der Waals surface area contributed by atoms with Gasteiger partial charge in [-0.1, -0.05) is 0 Å². The minimum Gasteiger partial charge on any atom is -0.462 e. The number of alkyl halides is 3. The number of aromatic nitrogens is 2. The SMILES string of the molecule is CCOC(=O)c1c(C(F)(F)F)nn2ccc(C)cc12. The molecule has 4 nitrogen and oxygen atoms in total. The molecule has 0 spiro atoms. The van der Waals surface area contributed by atoms with E-state index in [1.54, 1.807) is 13.0 Å². The van der Waals surface area contributed by atoms with Gasteiger partial charge in [0, 0.05) is 6.20 Å². The monoisotopic (exact) mass is 272 g/mol. The zero-order chi connectivity index (χ0) is 14.2. The van der Waals surface area contributed by atoms with Gasteiger partial charge in [0.05, 0.1) is 12.1 Å². The normalized spacial score (nSPS) is 11.8. The molecule has 0 aliphatic heterocycles. The van der Waals surface area contributed by atoms with Gasteiger partial charge >= 0.3 is 12.1 Å². The van der Waals surface area contributed by atoms with Crippen molar-refractivity contribution in [1.29, 1.82) is 0 Å². The summed E-state index contributed by atoms with van der Waals surface area (Å²) in [6.45, 7) is 3.25. The third-order valence-electron chi connectivity index (χ3n) is 2.54. The zero-order valence-electron chi connectivity index (χ0n) is 10.3. The third-order valence-corrected chi connectivity index (χ3v) is 2.54. The van der Waals surface area contributed by atoms with Crippen molar-refractivity contribution < 1.29 is 22.7 Å². The van der Waals surface area contributed by atoms with Crippen LogP contribution in [0.25, 0.3) is 5.52 Å². The van der Waals surface area contributed by atoms with Gasteiger partial charge in [-0.3, -0.25) is 0 Å². The molecule has 2 rings (SSSR count). The molecular formula is C12H11F3N2O2. The number of hydrogen-bond acceptors (Lipinski definition) is 3. The lowest BCUT2D eigenvalue weighted by atomic mass is 10.1. The molecule has 0 bridgehead atoms. The van der Waals surface area contributed by atoms with Crippen molar-refractivity contribution in [2.75, 3.05) is 6.61 Å². The fourth-order valence-corrected chi connectivity index (χ4v) is 1.75. The van der Waals surface area contributed by atoms with Crippen molar-refractivity contribution in [3.63, 3.8) is 0 Å². The van der Waals surface area contributed by atoms with E-state index in [2.05, 4.69) is 9.84 Å². The number of pyridine rings is 1. The fraction of sp³-hybridized carbons (Fsp3) is 0.333. The first-order chi connectivity index (χ1) is 8.84. The highest BCUT2D eigenvalue weighted by molar-refractivity contribution is 5.98. The predicted octanol–water partition coefficient (Wildman–Crippen LogP) is 2.84. The first-order valence-electron chi connectivity index (χ1n) is 5.58. The van der Waals surface area contributed by atoms with Crippen LogP contribution in [0.4, 0.5) is 13.2 Å². The first kappa shape index (κ1) is 13.4. The van der Waals surface area contributed by atoms with Crippen LogP contribution in [-0.4, -0.2) is 22.2 Å². The first-order valence-corrected chi connectivity index (χ1v) is 5.58. The number of halogens is 3. The van der Waals surface area contributed by atoms with Crippen molar-refractivity contribution in [2.24, 2.45) is 0 Å². The van der Waals surface area contributed by atoms with Crippen LogP contribution < -0.4 is 0 Å². The molecule has 0 aromatic carbocycles. The Bertz CT molecular complexity index is 632. The van der Waals surface area contributed by atoms with E-state index in [-0.39, 0.29) is 12.1 Å². The minimum atomic E-state index is -4.71. The lowest BCUT2D eigenvalue weighted by Crippen LogP contribution is -2.14. The van der Waals surface area contributed by atoms with Crippen LogP contribution in [0.1, 0.15) is 28.5 Å². The Hall–Kier alpha value is -2.05. The molecule has 0 fully saturated rings. The number of rotatable bonds is 2.